The predicted octanol–water partition coefficient (Wildman–Crippen LogP) is 4.81. The zero-order valence-corrected chi connectivity index (χ0v) is 16.0. The van der Waals surface area contributed by atoms with Gasteiger partial charge in [0.15, 0.2) is 0 Å². The van der Waals surface area contributed by atoms with E-state index in [-0.39, 0.29) is 18.1 Å². The van der Waals surface area contributed by atoms with Crippen molar-refractivity contribution in [3.63, 3.8) is 0 Å². The summed E-state index contributed by atoms with van der Waals surface area (Å²) < 4.78 is 2.21. The normalized spacial score (nSPS) is 15.9. The Balaban J connectivity index is 1.91. The number of benzene rings is 2. The number of nitrogens with zero attached hydrogens (tertiary/aromatic N) is 2. The number of para-hydroxylation sites is 1. The first-order chi connectivity index (χ1) is 13.0. The molecule has 3 aromatic rings. The summed E-state index contributed by atoms with van der Waals surface area (Å²) in [4.78, 5) is 15.1. The zero-order chi connectivity index (χ0) is 19.0. The number of hydrogen-bond acceptors (Lipinski definition) is 1. The Bertz CT molecular complexity index is 973. The molecule has 0 spiro atoms. The van der Waals surface area contributed by atoms with Gasteiger partial charge in [0, 0.05) is 17.9 Å². The number of nitrogens with one attached hydrogen (secondary N) is 1. The largest absolute Gasteiger partial charge is 0.336 e. The fourth-order valence-electron chi connectivity index (χ4n) is 3.86. The lowest BCUT2D eigenvalue weighted by atomic mass is 10.00. The van der Waals surface area contributed by atoms with E-state index in [1.54, 1.807) is 0 Å². The number of hydrogen-bond donors (Lipinski definition) is 1. The molecule has 4 rings (SSSR count). The SMILES string of the molecule is Cc1cccc(C2c3cccn3-c3ccccc3CN2C(=O)NC(C)C)c1. The van der Waals surface area contributed by atoms with Crippen LogP contribution in [-0.4, -0.2) is 21.5 Å². The maximum atomic E-state index is 13.2. The third-order valence-electron chi connectivity index (χ3n) is 4.99. The van der Waals surface area contributed by atoms with Gasteiger partial charge in [-0.05, 0) is 50.1 Å². The van der Waals surface area contributed by atoms with Crippen LogP contribution < -0.4 is 5.32 Å². The first-order valence-corrected chi connectivity index (χ1v) is 9.44. The molecule has 2 amide bonds. The van der Waals surface area contributed by atoms with Crippen molar-refractivity contribution in [3.05, 3.63) is 89.2 Å². The minimum absolute atomic E-state index is 0.0408. The van der Waals surface area contributed by atoms with Crippen LogP contribution in [0.15, 0.2) is 66.9 Å². The second-order valence-corrected chi connectivity index (χ2v) is 7.48. The van der Waals surface area contributed by atoms with Crippen LogP contribution >= 0.6 is 0 Å². The van der Waals surface area contributed by atoms with Crippen molar-refractivity contribution in [2.75, 3.05) is 0 Å². The highest BCUT2D eigenvalue weighted by molar-refractivity contribution is 5.76. The van der Waals surface area contributed by atoms with Gasteiger partial charge in [0.1, 0.15) is 0 Å². The summed E-state index contributed by atoms with van der Waals surface area (Å²) in [6.45, 7) is 6.64. The number of aryl methyl sites for hydroxylation is 1. The molecule has 1 aromatic heterocycles. The van der Waals surface area contributed by atoms with Gasteiger partial charge in [-0.3, -0.25) is 0 Å². The Labute approximate surface area is 160 Å². The molecule has 1 N–H and O–H groups in total. The van der Waals surface area contributed by atoms with Gasteiger partial charge in [-0.2, -0.15) is 0 Å². The van der Waals surface area contributed by atoms with Crippen molar-refractivity contribution in [3.8, 4) is 5.69 Å². The van der Waals surface area contributed by atoms with E-state index in [2.05, 4.69) is 71.5 Å². The van der Waals surface area contributed by atoms with Crippen LogP contribution in [0.1, 0.15) is 42.3 Å². The quantitative estimate of drug-likeness (QED) is 0.700. The van der Waals surface area contributed by atoms with Crippen molar-refractivity contribution < 1.29 is 4.79 Å². The standard InChI is InChI=1S/C23H25N3O/c1-16(2)24-23(27)26-15-19-9-4-5-11-20(19)25-13-7-12-21(25)22(26)18-10-6-8-17(3)14-18/h4-14,16,22H,15H2,1-3H3,(H,24,27). The van der Waals surface area contributed by atoms with E-state index in [1.165, 1.54) is 5.56 Å². The molecule has 0 fully saturated rings. The number of fused-ring (bicyclic) bond motifs is 3. The molecular weight excluding hydrogens is 334 g/mol. The van der Waals surface area contributed by atoms with E-state index < -0.39 is 0 Å². The molecule has 2 heterocycles. The molecule has 0 saturated carbocycles. The van der Waals surface area contributed by atoms with Crippen molar-refractivity contribution in [1.29, 1.82) is 0 Å². The molecule has 0 aliphatic carbocycles. The smallest absolute Gasteiger partial charge is 0.318 e. The summed E-state index contributed by atoms with van der Waals surface area (Å²) in [6.07, 6.45) is 2.08. The monoisotopic (exact) mass is 359 g/mol. The molecule has 1 aliphatic heterocycles. The van der Waals surface area contributed by atoms with E-state index in [4.69, 9.17) is 0 Å². The molecule has 138 valence electrons. The highest BCUT2D eigenvalue weighted by atomic mass is 16.2. The molecule has 1 unspecified atom stereocenters. The molecule has 27 heavy (non-hydrogen) atoms. The van der Waals surface area contributed by atoms with Gasteiger partial charge in [0.2, 0.25) is 0 Å². The van der Waals surface area contributed by atoms with Crippen molar-refractivity contribution in [2.24, 2.45) is 0 Å². The summed E-state index contributed by atoms with van der Waals surface area (Å²) >= 11 is 0. The fraction of sp³-hybridized carbons (Fsp3) is 0.261. The zero-order valence-electron chi connectivity index (χ0n) is 16.0. The summed E-state index contributed by atoms with van der Waals surface area (Å²) in [5.74, 6) is 0. The number of carbonyl (C=O) groups is 1. The van der Waals surface area contributed by atoms with Gasteiger partial charge in [0.25, 0.3) is 0 Å². The lowest BCUT2D eigenvalue weighted by Crippen LogP contribution is -2.44. The molecule has 0 saturated heterocycles. The lowest BCUT2D eigenvalue weighted by molar-refractivity contribution is 0.178. The van der Waals surface area contributed by atoms with Crippen LogP contribution in [0.2, 0.25) is 0 Å². The summed E-state index contributed by atoms with van der Waals surface area (Å²) in [5.41, 5.74) is 5.70. The van der Waals surface area contributed by atoms with Crippen LogP contribution in [0.25, 0.3) is 5.69 Å². The van der Waals surface area contributed by atoms with Crippen LogP contribution in [0.3, 0.4) is 0 Å². The minimum Gasteiger partial charge on any atom is -0.336 e. The topological polar surface area (TPSA) is 37.3 Å². The molecule has 4 heteroatoms. The van der Waals surface area contributed by atoms with Crippen molar-refractivity contribution in [2.45, 2.75) is 39.4 Å². The van der Waals surface area contributed by atoms with E-state index >= 15 is 0 Å². The third kappa shape index (κ3) is 3.23. The molecule has 1 atom stereocenters. The molecule has 0 bridgehead atoms. The van der Waals surface area contributed by atoms with Gasteiger partial charge in [0.05, 0.1) is 18.3 Å². The Morgan fingerprint density at radius 2 is 1.89 bits per heavy atom. The minimum atomic E-state index is -0.147. The summed E-state index contributed by atoms with van der Waals surface area (Å²) in [5, 5.41) is 3.09. The molecule has 1 aliphatic rings. The second-order valence-electron chi connectivity index (χ2n) is 7.48. The Hall–Kier alpha value is -3.01. The van der Waals surface area contributed by atoms with Gasteiger partial charge in [-0.1, -0.05) is 48.0 Å². The summed E-state index contributed by atoms with van der Waals surface area (Å²) in [6, 6.07) is 20.8. The first-order valence-electron chi connectivity index (χ1n) is 9.44. The van der Waals surface area contributed by atoms with Crippen LogP contribution in [-0.2, 0) is 6.54 Å². The van der Waals surface area contributed by atoms with Crippen molar-refractivity contribution in [1.82, 2.24) is 14.8 Å². The Kier molecular flexibility index (Phi) is 4.48. The van der Waals surface area contributed by atoms with Gasteiger partial charge >= 0.3 is 6.03 Å². The highest BCUT2D eigenvalue weighted by Crippen LogP contribution is 2.36. The van der Waals surface area contributed by atoms with Gasteiger partial charge < -0.3 is 14.8 Å². The molecular formula is C23H25N3O. The number of urea groups is 1. The average molecular weight is 359 g/mol. The average Bonchev–Trinajstić information content (AvgIpc) is 3.05. The van der Waals surface area contributed by atoms with Crippen molar-refractivity contribution >= 4 is 6.03 Å². The lowest BCUT2D eigenvalue weighted by Gasteiger charge is -2.31. The van der Waals surface area contributed by atoms with Crippen LogP contribution in [0.4, 0.5) is 4.79 Å². The van der Waals surface area contributed by atoms with E-state index in [0.29, 0.717) is 6.54 Å². The maximum absolute atomic E-state index is 13.2. The van der Waals surface area contributed by atoms with E-state index in [9.17, 15) is 4.79 Å². The molecule has 4 nitrogen and oxygen atoms in total. The van der Waals surface area contributed by atoms with Gasteiger partial charge in [-0.15, -0.1) is 0 Å². The highest BCUT2D eigenvalue weighted by Gasteiger charge is 2.33. The van der Waals surface area contributed by atoms with Crippen LogP contribution in [0, 0.1) is 6.92 Å². The molecule has 2 aromatic carbocycles. The molecule has 0 radical (unpaired) electrons. The first kappa shape index (κ1) is 17.4. The van der Waals surface area contributed by atoms with E-state index in [0.717, 1.165) is 22.5 Å². The number of amides is 2. The number of aromatic nitrogens is 1. The predicted molar refractivity (Wildman–Crippen MR) is 108 cm³/mol. The summed E-state index contributed by atoms with van der Waals surface area (Å²) in [7, 11) is 0. The Morgan fingerprint density at radius 3 is 2.67 bits per heavy atom. The van der Waals surface area contributed by atoms with E-state index in [1.807, 2.05) is 30.9 Å². The van der Waals surface area contributed by atoms with Crippen LogP contribution in [0.5, 0.6) is 0 Å². The Morgan fingerprint density at radius 1 is 1.07 bits per heavy atom. The van der Waals surface area contributed by atoms with Gasteiger partial charge in [-0.25, -0.2) is 4.79 Å². The third-order valence-corrected chi connectivity index (χ3v) is 4.99. The maximum Gasteiger partial charge on any atom is 0.318 e. The number of rotatable bonds is 2. The second kappa shape index (κ2) is 6.95. The fourth-order valence-corrected chi connectivity index (χ4v) is 3.86. The number of carbonyl (C=O) groups excluding carboxylic acids is 1.